The molecule has 0 saturated heterocycles. The Morgan fingerprint density at radius 1 is 0.809 bits per heavy atom. The second kappa shape index (κ2) is 15.2. The molecule has 0 aliphatic rings. The van der Waals surface area contributed by atoms with E-state index < -0.39 is 11.9 Å². The summed E-state index contributed by atoms with van der Waals surface area (Å²) < 4.78 is 28.2. The van der Waals surface area contributed by atoms with Crippen LogP contribution in [0.15, 0.2) is 84.0 Å². The number of para-hydroxylation sites is 1. The van der Waals surface area contributed by atoms with E-state index in [-0.39, 0.29) is 11.4 Å². The number of halogens is 1. The molecule has 0 fully saturated rings. The van der Waals surface area contributed by atoms with E-state index in [0.717, 1.165) is 5.39 Å². The molecule has 5 aromatic rings. The number of aromatic amines is 1. The molecule has 1 heterocycles. The van der Waals surface area contributed by atoms with Gasteiger partial charge in [0, 0.05) is 21.5 Å². The van der Waals surface area contributed by atoms with Crippen molar-refractivity contribution in [1.29, 1.82) is 0 Å². The van der Waals surface area contributed by atoms with E-state index in [9.17, 15) is 9.59 Å². The first-order valence-electron chi connectivity index (χ1n) is 15.0. The molecule has 0 aliphatic carbocycles. The number of fused-ring (bicyclic) bond motifs is 1. The van der Waals surface area contributed by atoms with Crippen molar-refractivity contribution < 1.29 is 33.3 Å². The number of amides is 1. The zero-order valence-corrected chi connectivity index (χ0v) is 27.1. The highest BCUT2D eigenvalue weighted by Crippen LogP contribution is 2.39. The lowest BCUT2D eigenvalue weighted by atomic mass is 10.0. The van der Waals surface area contributed by atoms with E-state index in [1.54, 1.807) is 49.6 Å². The maximum absolute atomic E-state index is 13.5. The first kappa shape index (κ1) is 32.9. The van der Waals surface area contributed by atoms with Gasteiger partial charge in [0.1, 0.15) is 11.4 Å². The van der Waals surface area contributed by atoms with Crippen molar-refractivity contribution in [3.05, 3.63) is 101 Å². The summed E-state index contributed by atoms with van der Waals surface area (Å²) >= 11 is 6.55. The second-order valence-electron chi connectivity index (χ2n) is 9.99. The minimum Gasteiger partial charge on any atom is -0.495 e. The Morgan fingerprint density at radius 3 is 2.23 bits per heavy atom. The molecule has 0 saturated carbocycles. The van der Waals surface area contributed by atoms with Gasteiger partial charge in [-0.15, -0.1) is 0 Å². The third-order valence-corrected chi connectivity index (χ3v) is 7.34. The molecule has 47 heavy (non-hydrogen) atoms. The molecule has 0 unspecified atom stereocenters. The summed E-state index contributed by atoms with van der Waals surface area (Å²) in [5.41, 5.74) is 5.72. The first-order valence-corrected chi connectivity index (χ1v) is 15.4. The van der Waals surface area contributed by atoms with Crippen molar-refractivity contribution >= 4 is 40.6 Å². The average molecular weight is 656 g/mol. The minimum atomic E-state index is -0.590. The fourth-order valence-corrected chi connectivity index (χ4v) is 5.22. The van der Waals surface area contributed by atoms with Crippen LogP contribution in [0.2, 0.25) is 5.02 Å². The molecule has 2 N–H and O–H groups in total. The Kier molecular flexibility index (Phi) is 10.6. The lowest BCUT2D eigenvalue weighted by Crippen LogP contribution is -2.19. The van der Waals surface area contributed by atoms with Crippen LogP contribution in [-0.4, -0.2) is 50.0 Å². The van der Waals surface area contributed by atoms with Gasteiger partial charge in [0.05, 0.1) is 44.2 Å². The van der Waals surface area contributed by atoms with Crippen LogP contribution in [-0.2, 0) is 0 Å². The molecule has 242 valence electrons. The maximum Gasteiger partial charge on any atom is 0.343 e. The third-order valence-electron chi connectivity index (χ3n) is 7.01. The SMILES string of the molecule is CCOc1ccc(C(=O)Oc2ccc(C=NNC(=O)c3[nH]c4c(OC)cccc4c3-c3ccccc3Cl)cc2OCC)cc1OCC. The maximum atomic E-state index is 13.5. The molecule has 0 atom stereocenters. The van der Waals surface area contributed by atoms with E-state index in [2.05, 4.69) is 15.5 Å². The number of nitrogens with zero attached hydrogens (tertiary/aromatic N) is 1. The Bertz CT molecular complexity index is 1940. The van der Waals surface area contributed by atoms with Crippen LogP contribution in [0.3, 0.4) is 0 Å². The molecule has 1 aromatic heterocycles. The Morgan fingerprint density at radius 2 is 1.51 bits per heavy atom. The fourth-order valence-electron chi connectivity index (χ4n) is 4.99. The van der Waals surface area contributed by atoms with E-state index in [1.807, 2.05) is 57.2 Å². The van der Waals surface area contributed by atoms with Gasteiger partial charge in [-0.2, -0.15) is 5.10 Å². The van der Waals surface area contributed by atoms with E-state index in [4.69, 9.17) is 35.3 Å². The Labute approximate surface area is 277 Å². The summed E-state index contributed by atoms with van der Waals surface area (Å²) in [6, 6.07) is 22.7. The van der Waals surface area contributed by atoms with Crippen molar-refractivity contribution in [1.82, 2.24) is 10.4 Å². The molecule has 0 spiro atoms. The lowest BCUT2D eigenvalue weighted by Gasteiger charge is -2.13. The van der Waals surface area contributed by atoms with Crippen LogP contribution in [0.25, 0.3) is 22.0 Å². The van der Waals surface area contributed by atoms with Gasteiger partial charge in [0.25, 0.3) is 5.91 Å². The van der Waals surface area contributed by atoms with Gasteiger partial charge in [-0.25, -0.2) is 10.2 Å². The number of H-pyrrole nitrogens is 1. The third kappa shape index (κ3) is 7.34. The van der Waals surface area contributed by atoms with Crippen LogP contribution in [0.1, 0.15) is 47.2 Å². The number of nitrogens with one attached hydrogen (secondary N) is 2. The highest BCUT2D eigenvalue weighted by atomic mass is 35.5. The summed E-state index contributed by atoms with van der Waals surface area (Å²) in [4.78, 5) is 29.7. The standard InChI is InChI=1S/C36H34ClN3O7/c1-5-44-27-18-16-23(20-31(27)46-7-3)36(42)47-28-17-15-22(19-30(28)45-6-2)21-38-40-35(41)34-32(24-11-8-9-13-26(24)37)25-12-10-14-29(43-4)33(25)39-34/h8-21,39H,5-7H2,1-4H3,(H,40,41). The molecule has 1 amide bonds. The Balaban J connectivity index is 1.36. The van der Waals surface area contributed by atoms with Crippen molar-refractivity contribution in [2.24, 2.45) is 5.10 Å². The highest BCUT2D eigenvalue weighted by molar-refractivity contribution is 6.34. The van der Waals surface area contributed by atoms with E-state index in [1.165, 1.54) is 6.21 Å². The zero-order valence-electron chi connectivity index (χ0n) is 26.4. The number of aromatic nitrogens is 1. The molecular formula is C36H34ClN3O7. The van der Waals surface area contributed by atoms with Crippen molar-refractivity contribution in [3.8, 4) is 39.9 Å². The van der Waals surface area contributed by atoms with Gasteiger partial charge < -0.3 is 28.7 Å². The largest absolute Gasteiger partial charge is 0.495 e. The number of hydrazone groups is 1. The fraction of sp³-hybridized carbons (Fsp3) is 0.194. The summed E-state index contributed by atoms with van der Waals surface area (Å²) in [5, 5.41) is 5.45. The second-order valence-corrected chi connectivity index (χ2v) is 10.4. The topological polar surface area (TPSA) is 120 Å². The predicted octanol–water partition coefficient (Wildman–Crippen LogP) is 7.68. The summed E-state index contributed by atoms with van der Waals surface area (Å²) in [7, 11) is 1.57. The van der Waals surface area contributed by atoms with Crippen molar-refractivity contribution in [3.63, 3.8) is 0 Å². The molecule has 0 radical (unpaired) electrons. The molecule has 11 heteroatoms. The lowest BCUT2D eigenvalue weighted by molar-refractivity contribution is 0.0727. The Hall–Kier alpha value is -5.48. The monoisotopic (exact) mass is 655 g/mol. The van der Waals surface area contributed by atoms with Gasteiger partial charge in [-0.3, -0.25) is 4.79 Å². The number of carbonyl (C=O) groups is 2. The average Bonchev–Trinajstić information content (AvgIpc) is 3.47. The van der Waals surface area contributed by atoms with Crippen molar-refractivity contribution in [2.75, 3.05) is 26.9 Å². The number of ether oxygens (including phenoxy) is 5. The van der Waals surface area contributed by atoms with Crippen molar-refractivity contribution in [2.45, 2.75) is 20.8 Å². The first-order chi connectivity index (χ1) is 22.9. The predicted molar refractivity (Wildman–Crippen MR) is 182 cm³/mol. The van der Waals surface area contributed by atoms with Crippen LogP contribution in [0, 0.1) is 0 Å². The molecule has 10 nitrogen and oxygen atoms in total. The number of methoxy groups -OCH3 is 1. The normalized spacial score (nSPS) is 11.0. The van der Waals surface area contributed by atoms with Crippen LogP contribution in [0.5, 0.6) is 28.7 Å². The van der Waals surface area contributed by atoms with E-state index >= 15 is 0 Å². The molecule has 4 aromatic carbocycles. The van der Waals surface area contributed by atoms with Gasteiger partial charge in [0.15, 0.2) is 23.0 Å². The number of carbonyl (C=O) groups excluding carboxylic acids is 2. The zero-order chi connectivity index (χ0) is 33.3. The van der Waals surface area contributed by atoms with E-state index in [0.29, 0.717) is 75.6 Å². The van der Waals surface area contributed by atoms with Gasteiger partial charge in [-0.05, 0) is 74.9 Å². The van der Waals surface area contributed by atoms with Gasteiger partial charge in [0.2, 0.25) is 0 Å². The van der Waals surface area contributed by atoms with Crippen LogP contribution < -0.4 is 29.1 Å². The summed E-state index contributed by atoms with van der Waals surface area (Å²) in [6.07, 6.45) is 1.46. The molecular weight excluding hydrogens is 622 g/mol. The minimum absolute atomic E-state index is 0.223. The highest BCUT2D eigenvalue weighted by Gasteiger charge is 2.22. The van der Waals surface area contributed by atoms with Crippen LogP contribution >= 0.6 is 11.6 Å². The summed E-state index contributed by atoms with van der Waals surface area (Å²) in [5.74, 6) is 1.06. The number of esters is 1. The number of benzene rings is 4. The number of rotatable bonds is 13. The smallest absolute Gasteiger partial charge is 0.343 e. The summed E-state index contributed by atoms with van der Waals surface area (Å²) in [6.45, 7) is 6.74. The molecule has 5 rings (SSSR count). The quantitative estimate of drug-likeness (QED) is 0.0578. The number of hydrogen-bond acceptors (Lipinski definition) is 8. The number of hydrogen-bond donors (Lipinski definition) is 2. The van der Waals surface area contributed by atoms with Gasteiger partial charge >= 0.3 is 5.97 Å². The van der Waals surface area contributed by atoms with Crippen LogP contribution in [0.4, 0.5) is 0 Å². The molecule has 0 aliphatic heterocycles. The van der Waals surface area contributed by atoms with Gasteiger partial charge in [-0.1, -0.05) is 41.9 Å². The molecule has 0 bridgehead atoms.